The van der Waals surface area contributed by atoms with Crippen LogP contribution in [0.1, 0.15) is 33.9 Å². The fourth-order valence-electron chi connectivity index (χ4n) is 3.62. The minimum atomic E-state index is 0.492. The first kappa shape index (κ1) is 12.5. The first-order valence-corrected chi connectivity index (χ1v) is 8.18. The predicted octanol–water partition coefficient (Wildman–Crippen LogP) is 4.86. The van der Waals surface area contributed by atoms with Gasteiger partial charge in [-0.3, -0.25) is 0 Å². The summed E-state index contributed by atoms with van der Waals surface area (Å²) in [6.07, 6.45) is 2.38. The van der Waals surface area contributed by atoms with Crippen LogP contribution in [0.5, 0.6) is 5.75 Å². The molecule has 0 spiro atoms. The van der Waals surface area contributed by atoms with Crippen LogP contribution < -0.4 is 4.74 Å². The molecule has 0 N–H and O–H groups in total. The van der Waals surface area contributed by atoms with Crippen LogP contribution in [-0.4, -0.2) is 6.61 Å². The van der Waals surface area contributed by atoms with Crippen molar-refractivity contribution in [1.29, 1.82) is 0 Å². The van der Waals surface area contributed by atoms with Gasteiger partial charge in [0.05, 0.1) is 6.61 Å². The largest absolute Gasteiger partial charge is 0.493 e. The van der Waals surface area contributed by atoms with E-state index in [2.05, 4.69) is 64.5 Å². The van der Waals surface area contributed by atoms with E-state index in [-0.39, 0.29) is 0 Å². The summed E-state index contributed by atoms with van der Waals surface area (Å²) in [6.45, 7) is 0.839. The number of para-hydroxylation sites is 1. The van der Waals surface area contributed by atoms with Crippen molar-refractivity contribution in [2.75, 3.05) is 6.61 Å². The summed E-state index contributed by atoms with van der Waals surface area (Å²) in [4.78, 5) is 0.492. The van der Waals surface area contributed by atoms with E-state index < -0.39 is 0 Å². The van der Waals surface area contributed by atoms with Crippen LogP contribution in [0.2, 0.25) is 0 Å². The zero-order valence-corrected chi connectivity index (χ0v) is 12.8. The van der Waals surface area contributed by atoms with Gasteiger partial charge >= 0.3 is 0 Å². The molecule has 0 saturated heterocycles. The van der Waals surface area contributed by atoms with E-state index in [1.54, 1.807) is 0 Å². The second-order valence-corrected chi connectivity index (χ2v) is 6.83. The minimum absolute atomic E-state index is 0.492. The second kappa shape index (κ2) is 4.92. The highest BCUT2D eigenvalue weighted by atomic mass is 79.9. The molecule has 102 valence electrons. The normalized spacial score (nSPS) is 26.9. The smallest absolute Gasteiger partial charge is 0.122 e. The van der Waals surface area contributed by atoms with Gasteiger partial charge in [0.2, 0.25) is 0 Å². The molecule has 0 bridgehead atoms. The molecule has 0 radical (unpaired) electrons. The number of hydrogen-bond acceptors (Lipinski definition) is 1. The number of benzene rings is 2. The number of hydrogen-bond donors (Lipinski definition) is 0. The SMILES string of the molecule is BrC1c2ccccc2CC1CC1COc2ccccc21. The molecule has 1 heterocycles. The van der Waals surface area contributed by atoms with E-state index in [1.807, 2.05) is 0 Å². The van der Waals surface area contributed by atoms with E-state index in [4.69, 9.17) is 4.74 Å². The van der Waals surface area contributed by atoms with Crippen molar-refractivity contribution in [3.8, 4) is 5.75 Å². The maximum absolute atomic E-state index is 5.82. The highest BCUT2D eigenvalue weighted by Gasteiger charge is 2.34. The third-order valence-corrected chi connectivity index (χ3v) is 5.88. The fraction of sp³-hybridized carbons (Fsp3) is 0.333. The summed E-state index contributed by atoms with van der Waals surface area (Å²) < 4.78 is 5.82. The highest BCUT2D eigenvalue weighted by molar-refractivity contribution is 9.09. The predicted molar refractivity (Wildman–Crippen MR) is 84.6 cm³/mol. The molecule has 2 aromatic rings. The van der Waals surface area contributed by atoms with Crippen molar-refractivity contribution in [2.45, 2.75) is 23.6 Å². The van der Waals surface area contributed by atoms with Crippen LogP contribution in [-0.2, 0) is 6.42 Å². The molecule has 3 atom stereocenters. The maximum Gasteiger partial charge on any atom is 0.122 e. The number of rotatable bonds is 2. The van der Waals surface area contributed by atoms with Crippen LogP contribution in [0, 0.1) is 5.92 Å². The molecule has 2 aliphatic rings. The Kier molecular flexibility index (Phi) is 3.07. The lowest BCUT2D eigenvalue weighted by Gasteiger charge is -2.18. The Morgan fingerprint density at radius 3 is 2.60 bits per heavy atom. The Labute approximate surface area is 128 Å². The highest BCUT2D eigenvalue weighted by Crippen LogP contribution is 2.48. The Morgan fingerprint density at radius 1 is 1.00 bits per heavy atom. The van der Waals surface area contributed by atoms with Crippen LogP contribution in [0.4, 0.5) is 0 Å². The summed E-state index contributed by atoms with van der Waals surface area (Å²) in [5, 5.41) is 0. The Hall–Kier alpha value is -1.28. The van der Waals surface area contributed by atoms with Crippen LogP contribution in [0.15, 0.2) is 48.5 Å². The molecule has 0 saturated carbocycles. The molecule has 2 aromatic carbocycles. The lowest BCUT2D eigenvalue weighted by atomic mass is 9.88. The topological polar surface area (TPSA) is 9.23 Å². The third kappa shape index (κ3) is 1.98. The van der Waals surface area contributed by atoms with E-state index >= 15 is 0 Å². The average molecular weight is 329 g/mol. The zero-order valence-electron chi connectivity index (χ0n) is 11.3. The van der Waals surface area contributed by atoms with Crippen molar-refractivity contribution >= 4 is 15.9 Å². The Bertz CT molecular complexity index is 637. The summed E-state index contributed by atoms with van der Waals surface area (Å²) in [5.74, 6) is 2.30. The molecular weight excluding hydrogens is 312 g/mol. The molecule has 4 rings (SSSR count). The average Bonchev–Trinajstić information content (AvgIpc) is 3.03. The van der Waals surface area contributed by atoms with Gasteiger partial charge in [0.1, 0.15) is 5.75 Å². The van der Waals surface area contributed by atoms with Gasteiger partial charge in [-0.05, 0) is 36.0 Å². The van der Waals surface area contributed by atoms with Crippen molar-refractivity contribution in [2.24, 2.45) is 5.92 Å². The standard InChI is InChI=1S/C18H17BrO/c19-18-13(9-12-5-1-2-7-16(12)18)10-14-11-20-17-8-4-3-6-15(14)17/h1-8,13-14,18H,9-11H2. The van der Waals surface area contributed by atoms with Crippen LogP contribution in [0.25, 0.3) is 0 Å². The molecule has 0 aromatic heterocycles. The molecule has 1 nitrogen and oxygen atoms in total. The Balaban J connectivity index is 1.55. The number of ether oxygens (including phenoxy) is 1. The maximum atomic E-state index is 5.82. The summed E-state index contributed by atoms with van der Waals surface area (Å²) in [5.41, 5.74) is 4.37. The van der Waals surface area contributed by atoms with E-state index in [0.29, 0.717) is 16.7 Å². The number of fused-ring (bicyclic) bond motifs is 2. The lowest BCUT2D eigenvalue weighted by molar-refractivity contribution is 0.307. The molecule has 2 heteroatoms. The van der Waals surface area contributed by atoms with Gasteiger partial charge in [-0.1, -0.05) is 58.4 Å². The quantitative estimate of drug-likeness (QED) is 0.715. The molecule has 20 heavy (non-hydrogen) atoms. The van der Waals surface area contributed by atoms with Gasteiger partial charge in [-0.2, -0.15) is 0 Å². The molecule has 1 aliphatic carbocycles. The summed E-state index contributed by atoms with van der Waals surface area (Å²) >= 11 is 3.91. The lowest BCUT2D eigenvalue weighted by Crippen LogP contribution is -2.10. The van der Waals surface area contributed by atoms with E-state index in [1.165, 1.54) is 29.5 Å². The molecule has 1 aliphatic heterocycles. The first-order chi connectivity index (χ1) is 9.83. The number of alkyl halides is 1. The van der Waals surface area contributed by atoms with Gasteiger partial charge in [-0.15, -0.1) is 0 Å². The van der Waals surface area contributed by atoms with Crippen molar-refractivity contribution in [3.05, 3.63) is 65.2 Å². The third-order valence-electron chi connectivity index (χ3n) is 4.63. The number of halogens is 1. The molecule has 0 fully saturated rings. The van der Waals surface area contributed by atoms with E-state index in [9.17, 15) is 0 Å². The minimum Gasteiger partial charge on any atom is -0.493 e. The van der Waals surface area contributed by atoms with Gasteiger partial charge < -0.3 is 4.74 Å². The van der Waals surface area contributed by atoms with Gasteiger partial charge in [0.15, 0.2) is 0 Å². The van der Waals surface area contributed by atoms with E-state index in [0.717, 1.165) is 12.4 Å². The second-order valence-electron chi connectivity index (χ2n) is 5.85. The molecular formula is C18H17BrO. The Morgan fingerprint density at radius 2 is 1.75 bits per heavy atom. The van der Waals surface area contributed by atoms with Crippen LogP contribution >= 0.6 is 15.9 Å². The fourth-order valence-corrected chi connectivity index (χ4v) is 4.47. The summed E-state index contributed by atoms with van der Waals surface area (Å²) in [7, 11) is 0. The van der Waals surface area contributed by atoms with Crippen LogP contribution in [0.3, 0.4) is 0 Å². The van der Waals surface area contributed by atoms with Crippen molar-refractivity contribution in [3.63, 3.8) is 0 Å². The first-order valence-electron chi connectivity index (χ1n) is 7.26. The van der Waals surface area contributed by atoms with Crippen molar-refractivity contribution in [1.82, 2.24) is 0 Å². The van der Waals surface area contributed by atoms with Gasteiger partial charge in [0.25, 0.3) is 0 Å². The van der Waals surface area contributed by atoms with Gasteiger partial charge in [0, 0.05) is 16.3 Å². The monoisotopic (exact) mass is 328 g/mol. The molecule has 3 unspecified atom stereocenters. The van der Waals surface area contributed by atoms with Gasteiger partial charge in [-0.25, -0.2) is 0 Å². The zero-order chi connectivity index (χ0) is 13.5. The summed E-state index contributed by atoms with van der Waals surface area (Å²) in [6, 6.07) is 17.3. The van der Waals surface area contributed by atoms with Crippen molar-refractivity contribution < 1.29 is 4.74 Å². The molecule has 0 amide bonds.